The molecule has 0 bridgehead atoms. The zero-order chi connectivity index (χ0) is 24.9. The number of hydrogen-bond acceptors (Lipinski definition) is 3. The van der Waals surface area contributed by atoms with Gasteiger partial charge < -0.3 is 10.2 Å². The van der Waals surface area contributed by atoms with Gasteiger partial charge in [-0.15, -0.1) is 0 Å². The number of nitrogens with zero attached hydrogens (tertiary/aromatic N) is 2. The van der Waals surface area contributed by atoms with Gasteiger partial charge >= 0.3 is 12.4 Å². The molecule has 0 radical (unpaired) electrons. The molecule has 1 saturated heterocycles. The van der Waals surface area contributed by atoms with Crippen LogP contribution >= 0.6 is 11.8 Å². The van der Waals surface area contributed by atoms with Crippen LogP contribution in [0.3, 0.4) is 0 Å². The second-order valence-electron chi connectivity index (χ2n) is 8.69. The van der Waals surface area contributed by atoms with Gasteiger partial charge in [0.25, 0.3) is 0 Å². The van der Waals surface area contributed by atoms with Crippen LogP contribution in [0.2, 0.25) is 0 Å². The summed E-state index contributed by atoms with van der Waals surface area (Å²) in [6.07, 6.45) is -3.11. The highest BCUT2D eigenvalue weighted by Crippen LogP contribution is 2.42. The molecule has 2 fully saturated rings. The quantitative estimate of drug-likeness (QED) is 0.404. The third kappa shape index (κ3) is 6.82. The van der Waals surface area contributed by atoms with Crippen LogP contribution in [0.1, 0.15) is 69.4 Å². The maximum atomic E-state index is 13.4. The monoisotopic (exact) mass is 509 g/mol. The summed E-state index contributed by atoms with van der Waals surface area (Å²) < 4.78 is 80.4. The number of carbonyl (C=O) groups is 1. The van der Waals surface area contributed by atoms with Crippen LogP contribution in [0.4, 0.5) is 32.0 Å². The highest BCUT2D eigenvalue weighted by Gasteiger charge is 2.41. The molecule has 34 heavy (non-hydrogen) atoms. The van der Waals surface area contributed by atoms with E-state index >= 15 is 0 Å². The first kappa shape index (κ1) is 26.7. The summed E-state index contributed by atoms with van der Waals surface area (Å²) >= 11 is 1.50. The Bertz CT molecular complexity index is 848. The number of rotatable bonds is 7. The number of aliphatic imine (C=N–C) groups is 1. The van der Waals surface area contributed by atoms with Gasteiger partial charge in [0, 0.05) is 24.8 Å². The van der Waals surface area contributed by atoms with Gasteiger partial charge in [-0.05, 0) is 31.4 Å². The molecule has 1 aliphatic carbocycles. The van der Waals surface area contributed by atoms with E-state index in [0.717, 1.165) is 43.7 Å². The van der Waals surface area contributed by atoms with Gasteiger partial charge in [-0.25, -0.2) is 0 Å². The molecule has 1 aromatic rings. The molecular weight excluding hydrogens is 480 g/mol. The minimum atomic E-state index is -5.04. The van der Waals surface area contributed by atoms with E-state index in [2.05, 4.69) is 0 Å². The van der Waals surface area contributed by atoms with Gasteiger partial charge in [-0.2, -0.15) is 26.3 Å². The number of unbranched alkanes of at least 4 members (excludes halogenated alkanes) is 1. The highest BCUT2D eigenvalue weighted by molar-refractivity contribution is 8.14. The summed E-state index contributed by atoms with van der Waals surface area (Å²) in [5.74, 6) is -0.372. The Hall–Kier alpha value is -1.91. The lowest BCUT2D eigenvalue weighted by Crippen LogP contribution is -2.38. The summed E-state index contributed by atoms with van der Waals surface area (Å²) in [7, 11) is 0. The Balaban J connectivity index is 1.79. The summed E-state index contributed by atoms with van der Waals surface area (Å²) in [6, 6.07) is 1.65. The first-order chi connectivity index (χ1) is 16.0. The average Bonchev–Trinajstić information content (AvgIpc) is 3.12. The Morgan fingerprint density at radius 2 is 1.71 bits per heavy atom. The fraction of sp³-hybridized carbons (Fsp3) is 0.652. The Kier molecular flexibility index (Phi) is 8.81. The van der Waals surface area contributed by atoms with Crippen LogP contribution in [0.25, 0.3) is 0 Å². The molecule has 1 aliphatic heterocycles. The molecular formula is C23H29F6N3OS. The Morgan fingerprint density at radius 3 is 2.26 bits per heavy atom. The molecule has 190 valence electrons. The number of para-hydroxylation sites is 1. The van der Waals surface area contributed by atoms with Crippen molar-refractivity contribution in [2.24, 2.45) is 4.99 Å². The van der Waals surface area contributed by atoms with Gasteiger partial charge in [-0.1, -0.05) is 50.4 Å². The number of nitrogens with one attached hydrogen (secondary N) is 1. The van der Waals surface area contributed by atoms with E-state index in [-0.39, 0.29) is 18.5 Å². The Labute approximate surface area is 199 Å². The third-order valence-electron chi connectivity index (χ3n) is 6.07. The molecule has 0 aromatic heterocycles. The first-order valence-corrected chi connectivity index (χ1v) is 12.5. The molecule has 1 N–H and O–H groups in total. The zero-order valence-electron chi connectivity index (χ0n) is 18.9. The second kappa shape index (κ2) is 11.2. The van der Waals surface area contributed by atoms with E-state index in [1.807, 2.05) is 17.1 Å². The van der Waals surface area contributed by atoms with Crippen molar-refractivity contribution in [2.45, 2.75) is 82.7 Å². The predicted molar refractivity (Wildman–Crippen MR) is 122 cm³/mol. The largest absolute Gasteiger partial charge is 0.418 e. The molecule has 1 saturated carbocycles. The molecule has 1 amide bonds. The lowest BCUT2D eigenvalue weighted by molar-refractivity contribution is -0.141. The summed E-state index contributed by atoms with van der Waals surface area (Å²) in [5.41, 5.74) is -4.27. The third-order valence-corrected chi connectivity index (χ3v) is 7.22. The SMILES string of the molecule is CCCCN1C(=NC2CCCCC2)SCC1CC(=O)Nc1c(C(F)(F)F)cccc1C(F)(F)F. The molecule has 1 aromatic carbocycles. The van der Waals surface area contributed by atoms with Gasteiger partial charge in [0.2, 0.25) is 5.91 Å². The van der Waals surface area contributed by atoms with Crippen molar-refractivity contribution in [3.8, 4) is 0 Å². The fourth-order valence-corrected chi connectivity index (χ4v) is 5.59. The van der Waals surface area contributed by atoms with Crippen molar-refractivity contribution in [2.75, 3.05) is 17.6 Å². The normalized spacial score (nSPS) is 21.3. The van der Waals surface area contributed by atoms with Crippen LogP contribution in [-0.4, -0.2) is 40.4 Å². The van der Waals surface area contributed by atoms with Crippen LogP contribution < -0.4 is 5.32 Å². The smallest absolute Gasteiger partial charge is 0.347 e. The van der Waals surface area contributed by atoms with Gasteiger partial charge in [-0.3, -0.25) is 9.79 Å². The van der Waals surface area contributed by atoms with E-state index in [0.29, 0.717) is 30.5 Å². The summed E-state index contributed by atoms with van der Waals surface area (Å²) in [6.45, 7) is 2.66. The van der Waals surface area contributed by atoms with Crippen LogP contribution in [0, 0.1) is 0 Å². The van der Waals surface area contributed by atoms with Crippen molar-refractivity contribution < 1.29 is 31.1 Å². The molecule has 11 heteroatoms. The van der Waals surface area contributed by atoms with E-state index in [1.165, 1.54) is 18.2 Å². The minimum absolute atomic E-state index is 0.218. The lowest BCUT2D eigenvalue weighted by atomic mass is 9.96. The maximum absolute atomic E-state index is 13.4. The van der Waals surface area contributed by atoms with Gasteiger partial charge in [0.05, 0.1) is 22.9 Å². The molecule has 0 spiro atoms. The van der Waals surface area contributed by atoms with Crippen molar-refractivity contribution in [3.05, 3.63) is 29.3 Å². The van der Waals surface area contributed by atoms with Crippen molar-refractivity contribution in [3.63, 3.8) is 0 Å². The zero-order valence-corrected chi connectivity index (χ0v) is 19.8. The number of amides is 1. The number of halogens is 6. The fourth-order valence-electron chi connectivity index (χ4n) is 4.32. The highest BCUT2D eigenvalue weighted by atomic mass is 32.2. The van der Waals surface area contributed by atoms with E-state index in [1.54, 1.807) is 0 Å². The van der Waals surface area contributed by atoms with Crippen molar-refractivity contribution >= 4 is 28.5 Å². The topological polar surface area (TPSA) is 44.7 Å². The van der Waals surface area contributed by atoms with Crippen LogP contribution in [0.5, 0.6) is 0 Å². The number of carbonyl (C=O) groups excluding carboxylic acids is 1. The van der Waals surface area contributed by atoms with E-state index < -0.39 is 35.1 Å². The summed E-state index contributed by atoms with van der Waals surface area (Å²) in [4.78, 5) is 19.6. The number of anilines is 1. The van der Waals surface area contributed by atoms with Gasteiger partial charge in [0.15, 0.2) is 5.17 Å². The molecule has 2 aliphatic rings. The summed E-state index contributed by atoms with van der Waals surface area (Å²) in [5, 5.41) is 2.76. The standard InChI is InChI=1S/C23H29F6N3OS/c1-2-3-12-32-16(14-34-21(32)30-15-8-5-4-6-9-15)13-19(33)31-20-17(22(24,25)26)10-7-11-18(20)23(27,28)29/h7,10-11,15-16H,2-6,8-9,12-14H2,1H3,(H,31,33). The molecule has 3 rings (SSSR count). The second-order valence-corrected chi connectivity index (χ2v) is 9.68. The van der Waals surface area contributed by atoms with E-state index in [9.17, 15) is 31.1 Å². The molecule has 1 heterocycles. The predicted octanol–water partition coefficient (Wildman–Crippen LogP) is 6.96. The minimum Gasteiger partial charge on any atom is -0.347 e. The molecule has 1 unspecified atom stereocenters. The number of alkyl halides is 6. The number of hydrogen-bond donors (Lipinski definition) is 1. The number of thioether (sulfide) groups is 1. The lowest BCUT2D eigenvalue weighted by Gasteiger charge is -2.27. The first-order valence-electron chi connectivity index (χ1n) is 11.5. The molecule has 4 nitrogen and oxygen atoms in total. The average molecular weight is 510 g/mol. The molecule has 1 atom stereocenters. The van der Waals surface area contributed by atoms with Crippen molar-refractivity contribution in [1.82, 2.24) is 4.90 Å². The number of amidine groups is 1. The van der Waals surface area contributed by atoms with E-state index in [4.69, 9.17) is 4.99 Å². The van der Waals surface area contributed by atoms with Gasteiger partial charge in [0.1, 0.15) is 0 Å². The number of benzene rings is 1. The van der Waals surface area contributed by atoms with Crippen molar-refractivity contribution in [1.29, 1.82) is 0 Å². The van der Waals surface area contributed by atoms with Crippen LogP contribution in [0.15, 0.2) is 23.2 Å². The van der Waals surface area contributed by atoms with Crippen LogP contribution in [-0.2, 0) is 17.1 Å². The Morgan fingerprint density at radius 1 is 1.09 bits per heavy atom. The maximum Gasteiger partial charge on any atom is 0.418 e.